The smallest absolute Gasteiger partial charge is 0.283 e. The van der Waals surface area contributed by atoms with E-state index in [1.807, 2.05) is 66.9 Å². The predicted octanol–water partition coefficient (Wildman–Crippen LogP) is 6.51. The van der Waals surface area contributed by atoms with Crippen LogP contribution in [0.3, 0.4) is 0 Å². The van der Waals surface area contributed by atoms with Crippen molar-refractivity contribution in [2.24, 2.45) is 4.99 Å². The maximum absolute atomic E-state index is 12.9. The van der Waals surface area contributed by atoms with Crippen LogP contribution in [0.2, 0.25) is 5.02 Å². The summed E-state index contributed by atoms with van der Waals surface area (Å²) in [6, 6.07) is 20.4. The number of methoxy groups -OCH3 is 1. The van der Waals surface area contributed by atoms with Crippen molar-refractivity contribution in [3.8, 4) is 23.0 Å². The first-order valence-corrected chi connectivity index (χ1v) is 13.8. The normalized spacial score (nSPS) is 15.5. The Labute approximate surface area is 241 Å². The highest BCUT2D eigenvalue weighted by Crippen LogP contribution is 2.40. The monoisotopic (exact) mass is 575 g/mol. The standard InChI is InChI=1S/C30H26ClN3O5S/c1-3-37-26-17-19(16-22(31)27(26)39-14-13-38-25-12-8-7-11-24(25)36-2)15-21-28(32)34-23(20-9-5-4-6-10-20)18-40-30(34)33-29(21)35/h4-12,15-18,32H,3,13-14H2,1-2H3. The number of thioether (sulfide) groups is 1. The van der Waals surface area contributed by atoms with Crippen LogP contribution in [0, 0.1) is 5.41 Å². The third kappa shape index (κ3) is 5.71. The minimum atomic E-state index is -0.491. The molecule has 40 heavy (non-hydrogen) atoms. The van der Waals surface area contributed by atoms with Gasteiger partial charge in [-0.25, -0.2) is 0 Å². The highest BCUT2D eigenvalue weighted by atomic mass is 35.5. The molecule has 0 saturated heterocycles. The van der Waals surface area contributed by atoms with Gasteiger partial charge in [-0.2, -0.15) is 4.99 Å². The molecule has 1 amide bonds. The van der Waals surface area contributed by atoms with E-state index < -0.39 is 5.91 Å². The number of hydrogen-bond acceptors (Lipinski definition) is 7. The van der Waals surface area contributed by atoms with E-state index in [0.717, 1.165) is 11.3 Å². The Morgan fingerprint density at radius 3 is 2.45 bits per heavy atom. The van der Waals surface area contributed by atoms with Crippen LogP contribution < -0.4 is 18.9 Å². The van der Waals surface area contributed by atoms with Crippen LogP contribution >= 0.6 is 23.4 Å². The summed E-state index contributed by atoms with van der Waals surface area (Å²) in [5, 5.41) is 11.5. The molecule has 3 aromatic rings. The average Bonchev–Trinajstić information content (AvgIpc) is 3.39. The fourth-order valence-corrected chi connectivity index (χ4v) is 5.35. The molecule has 8 nitrogen and oxygen atoms in total. The summed E-state index contributed by atoms with van der Waals surface area (Å²) in [6.07, 6.45) is 1.60. The van der Waals surface area contributed by atoms with E-state index in [1.54, 1.807) is 30.2 Å². The number of rotatable bonds is 10. The van der Waals surface area contributed by atoms with Gasteiger partial charge in [0.1, 0.15) is 19.0 Å². The summed E-state index contributed by atoms with van der Waals surface area (Å²) in [5.41, 5.74) is 2.44. The van der Waals surface area contributed by atoms with Gasteiger partial charge in [0.25, 0.3) is 5.91 Å². The second-order valence-corrected chi connectivity index (χ2v) is 9.78. The molecule has 0 unspecified atom stereocenters. The fourth-order valence-electron chi connectivity index (χ4n) is 4.19. The van der Waals surface area contributed by atoms with Crippen LogP contribution in [-0.2, 0) is 4.79 Å². The molecule has 2 aliphatic heterocycles. The molecule has 1 N–H and O–H groups in total. The molecule has 0 bridgehead atoms. The van der Waals surface area contributed by atoms with Crippen molar-refractivity contribution in [2.75, 3.05) is 26.9 Å². The number of hydrogen-bond donors (Lipinski definition) is 1. The number of carbonyl (C=O) groups is 1. The molecule has 204 valence electrons. The number of nitrogens with zero attached hydrogens (tertiary/aromatic N) is 2. The van der Waals surface area contributed by atoms with Crippen LogP contribution in [0.4, 0.5) is 0 Å². The summed E-state index contributed by atoms with van der Waals surface area (Å²) < 4.78 is 22.8. The van der Waals surface area contributed by atoms with Gasteiger partial charge >= 0.3 is 0 Å². The van der Waals surface area contributed by atoms with E-state index in [9.17, 15) is 4.79 Å². The quantitative estimate of drug-likeness (QED) is 0.217. The summed E-state index contributed by atoms with van der Waals surface area (Å²) in [7, 11) is 1.58. The highest BCUT2D eigenvalue weighted by Gasteiger charge is 2.36. The molecule has 0 radical (unpaired) electrons. The molecule has 0 saturated carbocycles. The molecule has 10 heteroatoms. The zero-order valence-corrected chi connectivity index (χ0v) is 23.4. The number of amidine groups is 2. The van der Waals surface area contributed by atoms with Crippen LogP contribution in [0.5, 0.6) is 23.0 Å². The number of amides is 1. The molecule has 0 aliphatic carbocycles. The minimum absolute atomic E-state index is 0.0398. The molecule has 2 heterocycles. The van der Waals surface area contributed by atoms with Crippen LogP contribution in [0.15, 0.2) is 82.7 Å². The van der Waals surface area contributed by atoms with E-state index >= 15 is 0 Å². The number of fused-ring (bicyclic) bond motifs is 1. The van der Waals surface area contributed by atoms with Crippen molar-refractivity contribution < 1.29 is 23.7 Å². The van der Waals surface area contributed by atoms with Crippen molar-refractivity contribution in [3.63, 3.8) is 0 Å². The molecule has 0 atom stereocenters. The Hall–Kier alpha value is -4.21. The van der Waals surface area contributed by atoms with Crippen LogP contribution in [-0.4, -0.2) is 48.7 Å². The largest absolute Gasteiger partial charge is 0.493 e. The highest BCUT2D eigenvalue weighted by molar-refractivity contribution is 8.17. The van der Waals surface area contributed by atoms with E-state index in [2.05, 4.69) is 4.99 Å². The lowest BCUT2D eigenvalue weighted by Gasteiger charge is -2.27. The number of halogens is 1. The minimum Gasteiger partial charge on any atom is -0.493 e. The third-order valence-electron chi connectivity index (χ3n) is 5.98. The topological polar surface area (TPSA) is 93.4 Å². The lowest BCUT2D eigenvalue weighted by molar-refractivity contribution is -0.114. The molecular formula is C30H26ClN3O5S. The van der Waals surface area contributed by atoms with E-state index in [-0.39, 0.29) is 24.6 Å². The Balaban J connectivity index is 1.35. The van der Waals surface area contributed by atoms with Gasteiger partial charge in [-0.3, -0.25) is 15.1 Å². The number of para-hydroxylation sites is 2. The van der Waals surface area contributed by atoms with Gasteiger partial charge < -0.3 is 18.9 Å². The zero-order valence-electron chi connectivity index (χ0n) is 21.8. The summed E-state index contributed by atoms with van der Waals surface area (Å²) in [4.78, 5) is 18.8. The van der Waals surface area contributed by atoms with Gasteiger partial charge in [0.15, 0.2) is 28.2 Å². The molecular weight excluding hydrogens is 550 g/mol. The average molecular weight is 576 g/mol. The summed E-state index contributed by atoms with van der Waals surface area (Å²) >= 11 is 7.93. The summed E-state index contributed by atoms with van der Waals surface area (Å²) in [6.45, 7) is 2.70. The first-order valence-electron chi connectivity index (χ1n) is 12.5. The van der Waals surface area contributed by atoms with E-state index in [4.69, 9.17) is 36.0 Å². The second kappa shape index (κ2) is 12.3. The molecule has 0 aromatic heterocycles. The number of ether oxygens (including phenoxy) is 4. The number of benzene rings is 3. The molecule has 5 rings (SSSR count). The Kier molecular flexibility index (Phi) is 8.42. The van der Waals surface area contributed by atoms with Crippen molar-refractivity contribution in [1.82, 2.24) is 4.90 Å². The van der Waals surface area contributed by atoms with Gasteiger partial charge in [-0.05, 0) is 48.4 Å². The van der Waals surface area contributed by atoms with Gasteiger partial charge in [0, 0.05) is 5.41 Å². The SMILES string of the molecule is CCOc1cc(C=C2C(=N)N3C(c4ccccc4)=CSC3=NC2=O)cc(Cl)c1OCCOc1ccccc1OC. The first-order chi connectivity index (χ1) is 19.5. The Bertz CT molecular complexity index is 1540. The van der Waals surface area contributed by atoms with Crippen molar-refractivity contribution >= 4 is 52.0 Å². The van der Waals surface area contributed by atoms with Crippen molar-refractivity contribution in [2.45, 2.75) is 6.92 Å². The Morgan fingerprint density at radius 2 is 1.70 bits per heavy atom. The maximum atomic E-state index is 12.9. The van der Waals surface area contributed by atoms with Gasteiger partial charge in [-0.15, -0.1) is 0 Å². The number of aliphatic imine (C=N–C) groups is 1. The Morgan fingerprint density at radius 1 is 0.975 bits per heavy atom. The maximum Gasteiger partial charge on any atom is 0.283 e. The van der Waals surface area contributed by atoms with Gasteiger partial charge in [-0.1, -0.05) is 65.8 Å². The van der Waals surface area contributed by atoms with Crippen LogP contribution in [0.1, 0.15) is 18.1 Å². The lowest BCUT2D eigenvalue weighted by Crippen LogP contribution is -2.38. The van der Waals surface area contributed by atoms with Crippen molar-refractivity contribution in [1.29, 1.82) is 5.41 Å². The molecule has 3 aromatic carbocycles. The summed E-state index contributed by atoms with van der Waals surface area (Å²) in [5.74, 6) is 1.57. The predicted molar refractivity (Wildman–Crippen MR) is 159 cm³/mol. The third-order valence-corrected chi connectivity index (χ3v) is 7.09. The zero-order chi connectivity index (χ0) is 28.1. The first kappa shape index (κ1) is 27.4. The molecule has 0 spiro atoms. The fraction of sp³-hybridized carbons (Fsp3) is 0.167. The van der Waals surface area contributed by atoms with Gasteiger partial charge in [0.05, 0.1) is 30.0 Å². The van der Waals surface area contributed by atoms with Crippen LogP contribution in [0.25, 0.3) is 11.8 Å². The van der Waals surface area contributed by atoms with Crippen molar-refractivity contribution in [3.05, 3.63) is 93.9 Å². The number of nitrogens with one attached hydrogen (secondary N) is 1. The van der Waals surface area contributed by atoms with E-state index in [1.165, 1.54) is 11.8 Å². The lowest BCUT2D eigenvalue weighted by atomic mass is 10.1. The van der Waals surface area contributed by atoms with E-state index in [0.29, 0.717) is 45.4 Å². The number of carbonyl (C=O) groups excluding carboxylic acids is 1. The second-order valence-electron chi connectivity index (χ2n) is 8.54. The molecule has 2 aliphatic rings. The molecule has 0 fully saturated rings. The van der Waals surface area contributed by atoms with Gasteiger partial charge in [0.2, 0.25) is 0 Å².